The van der Waals surface area contributed by atoms with Gasteiger partial charge in [-0.3, -0.25) is 4.79 Å². The van der Waals surface area contributed by atoms with E-state index in [0.29, 0.717) is 6.41 Å². The van der Waals surface area contributed by atoms with Crippen LogP contribution in [0.5, 0.6) is 5.75 Å². The van der Waals surface area contributed by atoms with Crippen molar-refractivity contribution in [2.24, 2.45) is 0 Å². The van der Waals surface area contributed by atoms with Gasteiger partial charge >= 0.3 is 0 Å². The molecule has 1 aromatic rings. The summed E-state index contributed by atoms with van der Waals surface area (Å²) in [4.78, 5) is 10.1. The third kappa shape index (κ3) is 1.89. The maximum absolute atomic E-state index is 13.3. The van der Waals surface area contributed by atoms with Crippen LogP contribution in [0.25, 0.3) is 0 Å². The van der Waals surface area contributed by atoms with Gasteiger partial charge in [0.15, 0.2) is 11.6 Å². The summed E-state index contributed by atoms with van der Waals surface area (Å²) in [5.41, 5.74) is -0.0731. The summed E-state index contributed by atoms with van der Waals surface area (Å²) in [5, 5.41) is 2.28. The Morgan fingerprint density at radius 1 is 1.62 bits per heavy atom. The molecule has 0 atom stereocenters. The molecule has 0 aliphatic carbocycles. The molecule has 1 rings (SSSR count). The zero-order valence-electron chi connectivity index (χ0n) is 6.80. The van der Waals surface area contributed by atoms with Gasteiger partial charge in [-0.25, -0.2) is 4.39 Å². The molecule has 0 aliphatic rings. The van der Waals surface area contributed by atoms with Crippen LogP contribution in [0.3, 0.4) is 0 Å². The topological polar surface area (TPSA) is 38.3 Å². The minimum Gasteiger partial charge on any atom is -0.494 e. The molecule has 0 spiro atoms. The zero-order chi connectivity index (χ0) is 9.84. The van der Waals surface area contributed by atoms with Crippen molar-refractivity contribution in [2.75, 3.05) is 12.4 Å². The fraction of sp³-hybridized carbons (Fsp3) is 0.125. The smallest absolute Gasteiger partial charge is 0.211 e. The van der Waals surface area contributed by atoms with Crippen LogP contribution in [0.1, 0.15) is 0 Å². The molecule has 13 heavy (non-hydrogen) atoms. The molecule has 1 aromatic carbocycles. The fourth-order valence-electron chi connectivity index (χ4n) is 0.882. The van der Waals surface area contributed by atoms with E-state index in [2.05, 4.69) is 5.32 Å². The molecule has 0 heterocycles. The van der Waals surface area contributed by atoms with Crippen LogP contribution in [0, 0.1) is 5.82 Å². The van der Waals surface area contributed by atoms with Crippen LogP contribution in [0.4, 0.5) is 10.1 Å². The van der Waals surface area contributed by atoms with E-state index < -0.39 is 5.82 Å². The number of hydrogen-bond acceptors (Lipinski definition) is 2. The molecule has 3 nitrogen and oxygen atoms in total. The van der Waals surface area contributed by atoms with E-state index in [1.165, 1.54) is 19.2 Å². The number of carbonyl (C=O) groups excluding carboxylic acids is 1. The third-order valence-electron chi connectivity index (χ3n) is 1.48. The van der Waals surface area contributed by atoms with Crippen molar-refractivity contribution in [3.63, 3.8) is 0 Å². The summed E-state index contributed by atoms with van der Waals surface area (Å²) in [6.45, 7) is 0. The number of benzene rings is 1. The van der Waals surface area contributed by atoms with Crippen LogP contribution in [-0.2, 0) is 4.79 Å². The van der Waals surface area contributed by atoms with E-state index in [9.17, 15) is 9.18 Å². The summed E-state index contributed by atoms with van der Waals surface area (Å²) < 4.78 is 18.0. The highest BCUT2D eigenvalue weighted by Crippen LogP contribution is 2.30. The number of methoxy groups -OCH3 is 1. The number of amides is 1. The number of halogens is 2. The average Bonchev–Trinajstić information content (AvgIpc) is 2.12. The second-order valence-corrected chi connectivity index (χ2v) is 2.61. The van der Waals surface area contributed by atoms with Crippen molar-refractivity contribution in [3.05, 3.63) is 23.0 Å². The molecular formula is C8H7ClFNO2. The van der Waals surface area contributed by atoms with Crippen LogP contribution in [0.2, 0.25) is 5.02 Å². The average molecular weight is 204 g/mol. The lowest BCUT2D eigenvalue weighted by Crippen LogP contribution is -1.99. The molecule has 1 N–H and O–H groups in total. The summed E-state index contributed by atoms with van der Waals surface area (Å²) in [6.07, 6.45) is 0.351. The van der Waals surface area contributed by atoms with Gasteiger partial charge in [-0.05, 0) is 12.1 Å². The summed E-state index contributed by atoms with van der Waals surface area (Å²) in [7, 11) is 1.33. The van der Waals surface area contributed by atoms with E-state index in [4.69, 9.17) is 16.3 Å². The van der Waals surface area contributed by atoms with Gasteiger partial charge in [-0.2, -0.15) is 0 Å². The molecule has 0 aliphatic heterocycles. The number of nitrogens with one attached hydrogen (secondary N) is 1. The summed E-state index contributed by atoms with van der Waals surface area (Å²) >= 11 is 5.62. The van der Waals surface area contributed by atoms with Crippen molar-refractivity contribution in [1.29, 1.82) is 0 Å². The second-order valence-electron chi connectivity index (χ2n) is 2.20. The Morgan fingerprint density at radius 3 is 2.85 bits per heavy atom. The first-order chi connectivity index (χ1) is 6.20. The van der Waals surface area contributed by atoms with Gasteiger partial charge in [0.25, 0.3) is 0 Å². The number of anilines is 1. The molecule has 0 aromatic heterocycles. The third-order valence-corrected chi connectivity index (χ3v) is 1.79. The SMILES string of the molecule is COc1ccc(Cl)c(NC=O)c1F. The normalized spacial score (nSPS) is 9.46. The molecule has 0 saturated carbocycles. The standard InChI is InChI=1S/C8H7ClFNO2/c1-13-6-3-2-5(9)8(7(6)10)11-4-12/h2-4H,1H3,(H,11,12). The number of hydrogen-bond donors (Lipinski definition) is 1. The van der Waals surface area contributed by atoms with Gasteiger partial charge in [0.05, 0.1) is 17.8 Å². The van der Waals surface area contributed by atoms with E-state index in [-0.39, 0.29) is 16.5 Å². The Morgan fingerprint density at radius 2 is 2.31 bits per heavy atom. The van der Waals surface area contributed by atoms with Gasteiger partial charge in [0.2, 0.25) is 6.41 Å². The first-order valence-electron chi connectivity index (χ1n) is 3.43. The molecule has 1 amide bonds. The second kappa shape index (κ2) is 4.09. The summed E-state index contributed by atoms with van der Waals surface area (Å²) in [5.74, 6) is -0.643. The molecule has 0 saturated heterocycles. The lowest BCUT2D eigenvalue weighted by atomic mass is 10.3. The highest BCUT2D eigenvalue weighted by molar-refractivity contribution is 6.33. The predicted octanol–water partition coefficient (Wildman–Crippen LogP) is 2.06. The Bertz CT molecular complexity index is 330. The lowest BCUT2D eigenvalue weighted by molar-refractivity contribution is -0.105. The first-order valence-corrected chi connectivity index (χ1v) is 3.80. The van der Waals surface area contributed by atoms with E-state index >= 15 is 0 Å². The molecule has 0 fully saturated rings. The van der Waals surface area contributed by atoms with E-state index in [1.54, 1.807) is 0 Å². The number of ether oxygens (including phenoxy) is 1. The molecule has 70 valence electrons. The summed E-state index contributed by atoms with van der Waals surface area (Å²) in [6, 6.07) is 2.82. The van der Waals surface area contributed by atoms with Crippen molar-refractivity contribution < 1.29 is 13.9 Å². The Kier molecular flexibility index (Phi) is 3.08. The molecule has 0 bridgehead atoms. The van der Waals surface area contributed by atoms with Crippen LogP contribution in [0.15, 0.2) is 12.1 Å². The number of carbonyl (C=O) groups is 1. The monoisotopic (exact) mass is 203 g/mol. The van der Waals surface area contributed by atoms with E-state index in [0.717, 1.165) is 0 Å². The highest BCUT2D eigenvalue weighted by atomic mass is 35.5. The van der Waals surface area contributed by atoms with Gasteiger partial charge in [0.1, 0.15) is 0 Å². The Hall–Kier alpha value is -1.29. The Balaban J connectivity index is 3.20. The molecular weight excluding hydrogens is 197 g/mol. The molecule has 5 heteroatoms. The minimum atomic E-state index is -0.679. The van der Waals surface area contributed by atoms with Gasteiger partial charge in [0, 0.05) is 0 Å². The quantitative estimate of drug-likeness (QED) is 0.764. The molecule has 0 radical (unpaired) electrons. The lowest BCUT2D eigenvalue weighted by Gasteiger charge is -2.07. The largest absolute Gasteiger partial charge is 0.494 e. The minimum absolute atomic E-state index is 0.0359. The van der Waals surface area contributed by atoms with Crippen molar-refractivity contribution >= 4 is 23.7 Å². The van der Waals surface area contributed by atoms with Gasteiger partial charge in [-0.1, -0.05) is 11.6 Å². The fourth-order valence-corrected chi connectivity index (χ4v) is 1.08. The van der Waals surface area contributed by atoms with E-state index in [1.807, 2.05) is 0 Å². The van der Waals surface area contributed by atoms with Crippen molar-refractivity contribution in [3.8, 4) is 5.75 Å². The first kappa shape index (κ1) is 9.80. The zero-order valence-corrected chi connectivity index (χ0v) is 7.56. The molecule has 0 unspecified atom stereocenters. The number of rotatable bonds is 3. The van der Waals surface area contributed by atoms with Crippen LogP contribution < -0.4 is 10.1 Å². The van der Waals surface area contributed by atoms with Crippen LogP contribution in [-0.4, -0.2) is 13.5 Å². The highest BCUT2D eigenvalue weighted by Gasteiger charge is 2.11. The van der Waals surface area contributed by atoms with Gasteiger partial charge in [-0.15, -0.1) is 0 Å². The van der Waals surface area contributed by atoms with Crippen molar-refractivity contribution in [2.45, 2.75) is 0 Å². The predicted molar refractivity (Wildman–Crippen MR) is 47.6 cm³/mol. The van der Waals surface area contributed by atoms with Crippen molar-refractivity contribution in [1.82, 2.24) is 0 Å². The van der Waals surface area contributed by atoms with Gasteiger partial charge < -0.3 is 10.1 Å². The maximum Gasteiger partial charge on any atom is 0.211 e. The Labute approximate surface area is 79.5 Å². The maximum atomic E-state index is 13.3. The van der Waals surface area contributed by atoms with Crippen LogP contribution >= 0.6 is 11.6 Å².